The van der Waals surface area contributed by atoms with Gasteiger partial charge in [-0.05, 0) is 18.1 Å². The fourth-order valence-corrected chi connectivity index (χ4v) is 2.21. The maximum Gasteiger partial charge on any atom is 0.241 e. The number of hydrogen-bond donors (Lipinski definition) is 1. The lowest BCUT2D eigenvalue weighted by Gasteiger charge is -2.21. The number of nitrogens with one attached hydrogen (secondary N) is 1. The van der Waals surface area contributed by atoms with Gasteiger partial charge in [0.25, 0.3) is 0 Å². The molecule has 1 aromatic heterocycles. The molecular weight excluding hydrogens is 252 g/mol. The quantitative estimate of drug-likeness (QED) is 0.899. The van der Waals surface area contributed by atoms with Gasteiger partial charge in [-0.15, -0.1) is 0 Å². The third-order valence-corrected chi connectivity index (χ3v) is 3.52. The smallest absolute Gasteiger partial charge is 0.241 e. The Hall–Kier alpha value is -1.62. The zero-order valence-electron chi connectivity index (χ0n) is 12.6. The SMILES string of the molecule is CC(C)NCc1ccc(N2CCCN(C)C(=O)C2)nc1. The molecule has 1 N–H and O–H groups in total. The van der Waals surface area contributed by atoms with Crippen LogP contribution in [0.1, 0.15) is 25.8 Å². The number of carbonyl (C=O) groups excluding carboxylic acids is 1. The number of anilines is 1. The van der Waals surface area contributed by atoms with E-state index < -0.39 is 0 Å². The Kier molecular flexibility index (Phi) is 4.95. The predicted molar refractivity (Wildman–Crippen MR) is 80.7 cm³/mol. The van der Waals surface area contributed by atoms with Crippen LogP contribution >= 0.6 is 0 Å². The minimum absolute atomic E-state index is 0.162. The van der Waals surface area contributed by atoms with Crippen molar-refractivity contribution in [2.24, 2.45) is 0 Å². The van der Waals surface area contributed by atoms with Gasteiger partial charge in [0.2, 0.25) is 5.91 Å². The van der Waals surface area contributed by atoms with E-state index >= 15 is 0 Å². The summed E-state index contributed by atoms with van der Waals surface area (Å²) in [5, 5.41) is 3.37. The highest BCUT2D eigenvalue weighted by Gasteiger charge is 2.19. The van der Waals surface area contributed by atoms with Crippen molar-refractivity contribution in [3.63, 3.8) is 0 Å². The maximum atomic E-state index is 11.9. The third kappa shape index (κ3) is 3.93. The molecule has 1 aromatic rings. The van der Waals surface area contributed by atoms with Crippen molar-refractivity contribution in [1.29, 1.82) is 0 Å². The molecule has 0 spiro atoms. The standard InChI is InChI=1S/C15H24N4O/c1-12(2)16-9-13-5-6-14(17-10-13)19-8-4-7-18(3)15(20)11-19/h5-6,10,12,16H,4,7-9,11H2,1-3H3. The molecule has 5 heteroatoms. The highest BCUT2D eigenvalue weighted by Crippen LogP contribution is 2.14. The molecule has 1 amide bonds. The molecule has 0 aliphatic carbocycles. The van der Waals surface area contributed by atoms with Gasteiger partial charge in [-0.3, -0.25) is 4.79 Å². The number of aromatic nitrogens is 1. The summed E-state index contributed by atoms with van der Waals surface area (Å²) < 4.78 is 0. The maximum absolute atomic E-state index is 11.9. The van der Waals surface area contributed by atoms with Gasteiger partial charge in [0.15, 0.2) is 0 Å². The number of rotatable bonds is 4. The number of likely N-dealkylation sites (N-methyl/N-ethyl adjacent to an activating group) is 1. The zero-order valence-corrected chi connectivity index (χ0v) is 12.6. The molecule has 5 nitrogen and oxygen atoms in total. The van der Waals surface area contributed by atoms with E-state index in [1.807, 2.05) is 19.3 Å². The topological polar surface area (TPSA) is 48.5 Å². The first-order valence-electron chi connectivity index (χ1n) is 7.23. The molecule has 0 radical (unpaired) electrons. The molecule has 110 valence electrons. The van der Waals surface area contributed by atoms with Gasteiger partial charge in [-0.25, -0.2) is 4.98 Å². The first-order valence-corrected chi connectivity index (χ1v) is 7.23. The number of amides is 1. The Bertz CT molecular complexity index is 444. The van der Waals surface area contributed by atoms with E-state index in [0.29, 0.717) is 12.6 Å². The largest absolute Gasteiger partial charge is 0.347 e. The number of pyridine rings is 1. The molecule has 0 bridgehead atoms. The minimum Gasteiger partial charge on any atom is -0.347 e. The molecule has 0 aromatic carbocycles. The molecule has 0 saturated carbocycles. The summed E-state index contributed by atoms with van der Waals surface area (Å²) in [4.78, 5) is 20.2. The van der Waals surface area contributed by atoms with Crippen LogP contribution in [0.25, 0.3) is 0 Å². The van der Waals surface area contributed by atoms with Gasteiger partial charge in [-0.2, -0.15) is 0 Å². The van der Waals surface area contributed by atoms with Crippen molar-refractivity contribution in [1.82, 2.24) is 15.2 Å². The summed E-state index contributed by atoms with van der Waals surface area (Å²) in [7, 11) is 1.86. The van der Waals surface area contributed by atoms with E-state index in [-0.39, 0.29) is 5.91 Å². The Morgan fingerprint density at radius 3 is 2.80 bits per heavy atom. The van der Waals surface area contributed by atoms with Crippen molar-refractivity contribution >= 4 is 11.7 Å². The zero-order chi connectivity index (χ0) is 14.5. The van der Waals surface area contributed by atoms with E-state index in [4.69, 9.17) is 0 Å². The van der Waals surface area contributed by atoms with E-state index in [1.165, 1.54) is 5.56 Å². The lowest BCUT2D eigenvalue weighted by Crippen LogP contribution is -2.34. The van der Waals surface area contributed by atoms with Crippen LogP contribution in [-0.2, 0) is 11.3 Å². The first-order chi connectivity index (χ1) is 9.56. The van der Waals surface area contributed by atoms with Gasteiger partial charge < -0.3 is 15.1 Å². The highest BCUT2D eigenvalue weighted by molar-refractivity contribution is 5.81. The molecule has 20 heavy (non-hydrogen) atoms. The molecule has 0 atom stereocenters. The van der Waals surface area contributed by atoms with Gasteiger partial charge >= 0.3 is 0 Å². The van der Waals surface area contributed by atoms with E-state index in [0.717, 1.165) is 31.9 Å². The molecule has 2 heterocycles. The van der Waals surface area contributed by atoms with Crippen molar-refractivity contribution in [2.45, 2.75) is 32.9 Å². The summed E-state index contributed by atoms with van der Waals surface area (Å²) in [5.74, 6) is 1.05. The van der Waals surface area contributed by atoms with Gasteiger partial charge in [0, 0.05) is 38.9 Å². The second-order valence-corrected chi connectivity index (χ2v) is 5.65. The van der Waals surface area contributed by atoms with Crippen LogP contribution in [0.15, 0.2) is 18.3 Å². The fraction of sp³-hybridized carbons (Fsp3) is 0.600. The summed E-state index contributed by atoms with van der Waals surface area (Å²) in [6.07, 6.45) is 2.88. The number of carbonyl (C=O) groups is 1. The summed E-state index contributed by atoms with van der Waals surface area (Å²) in [6, 6.07) is 4.56. The summed E-state index contributed by atoms with van der Waals surface area (Å²) in [5.41, 5.74) is 1.17. The predicted octanol–water partition coefficient (Wildman–Crippen LogP) is 1.25. The lowest BCUT2D eigenvalue weighted by atomic mass is 10.2. The number of hydrogen-bond acceptors (Lipinski definition) is 4. The molecule has 2 rings (SSSR count). The Morgan fingerprint density at radius 1 is 1.35 bits per heavy atom. The lowest BCUT2D eigenvalue weighted by molar-refractivity contribution is -0.127. The second kappa shape index (κ2) is 6.70. The van der Waals surface area contributed by atoms with Crippen LogP contribution in [0.5, 0.6) is 0 Å². The van der Waals surface area contributed by atoms with Gasteiger partial charge in [0.05, 0.1) is 6.54 Å². The van der Waals surface area contributed by atoms with Crippen molar-refractivity contribution in [3.05, 3.63) is 23.9 Å². The average Bonchev–Trinajstić information content (AvgIpc) is 2.59. The summed E-state index contributed by atoms with van der Waals surface area (Å²) in [6.45, 7) is 7.21. The third-order valence-electron chi connectivity index (χ3n) is 3.52. The Morgan fingerprint density at radius 2 is 2.15 bits per heavy atom. The van der Waals surface area contributed by atoms with Crippen LogP contribution < -0.4 is 10.2 Å². The van der Waals surface area contributed by atoms with E-state index in [1.54, 1.807) is 4.90 Å². The van der Waals surface area contributed by atoms with Crippen LogP contribution in [-0.4, -0.2) is 48.5 Å². The fourth-order valence-electron chi connectivity index (χ4n) is 2.21. The van der Waals surface area contributed by atoms with Crippen LogP contribution in [0, 0.1) is 0 Å². The summed E-state index contributed by atoms with van der Waals surface area (Å²) >= 11 is 0. The average molecular weight is 276 g/mol. The molecule has 0 unspecified atom stereocenters. The minimum atomic E-state index is 0.162. The Labute approximate surface area is 121 Å². The van der Waals surface area contributed by atoms with Gasteiger partial charge in [-0.1, -0.05) is 19.9 Å². The molecule has 1 fully saturated rings. The van der Waals surface area contributed by atoms with E-state index in [9.17, 15) is 4.79 Å². The van der Waals surface area contributed by atoms with Crippen molar-refractivity contribution in [2.75, 3.05) is 31.6 Å². The molecule has 1 aliphatic heterocycles. The highest BCUT2D eigenvalue weighted by atomic mass is 16.2. The van der Waals surface area contributed by atoms with Gasteiger partial charge in [0.1, 0.15) is 5.82 Å². The molecule has 1 saturated heterocycles. The number of nitrogens with zero attached hydrogens (tertiary/aromatic N) is 3. The second-order valence-electron chi connectivity index (χ2n) is 5.65. The van der Waals surface area contributed by atoms with Crippen molar-refractivity contribution in [3.8, 4) is 0 Å². The normalized spacial score (nSPS) is 16.7. The van der Waals surface area contributed by atoms with Crippen molar-refractivity contribution < 1.29 is 4.79 Å². The monoisotopic (exact) mass is 276 g/mol. The van der Waals surface area contributed by atoms with Crippen LogP contribution in [0.2, 0.25) is 0 Å². The van der Waals surface area contributed by atoms with Crippen LogP contribution in [0.3, 0.4) is 0 Å². The Balaban J connectivity index is 2.00. The van der Waals surface area contributed by atoms with Crippen LogP contribution in [0.4, 0.5) is 5.82 Å². The molecule has 1 aliphatic rings. The molecular formula is C15H24N4O. The first kappa shape index (κ1) is 14.8. The van der Waals surface area contributed by atoms with E-state index in [2.05, 4.69) is 35.1 Å².